The molecule has 0 aliphatic heterocycles. The van der Waals surface area contributed by atoms with E-state index in [1.807, 2.05) is 0 Å². The van der Waals surface area contributed by atoms with E-state index >= 15 is 0 Å². The first-order chi connectivity index (χ1) is 8.91. The van der Waals surface area contributed by atoms with Gasteiger partial charge in [-0.05, 0) is 19.4 Å². The maximum atomic E-state index is 11.7. The summed E-state index contributed by atoms with van der Waals surface area (Å²) in [7, 11) is 1.49. The second-order valence-corrected chi connectivity index (χ2v) is 4.16. The minimum absolute atomic E-state index is 0.274. The van der Waals surface area contributed by atoms with Crippen LogP contribution in [0.5, 0.6) is 5.88 Å². The summed E-state index contributed by atoms with van der Waals surface area (Å²) < 4.78 is 4.89. The maximum absolute atomic E-state index is 11.7. The quantitative estimate of drug-likeness (QED) is 0.750. The molecule has 1 rings (SSSR count). The summed E-state index contributed by atoms with van der Waals surface area (Å²) >= 11 is 0. The SMILES string of the molecule is CCC(C)(NC(=O)Nc1ccc(OC)nc1)C(=O)O. The normalized spacial score (nSPS) is 13.2. The van der Waals surface area contributed by atoms with Crippen LogP contribution in [0.3, 0.4) is 0 Å². The Hall–Kier alpha value is -2.31. The molecule has 0 saturated carbocycles. The van der Waals surface area contributed by atoms with E-state index in [1.54, 1.807) is 19.1 Å². The van der Waals surface area contributed by atoms with E-state index in [2.05, 4.69) is 15.6 Å². The molecule has 104 valence electrons. The third kappa shape index (κ3) is 3.84. The molecule has 1 aromatic heterocycles. The lowest BCUT2D eigenvalue weighted by atomic mass is 10.00. The second kappa shape index (κ2) is 6.03. The van der Waals surface area contributed by atoms with Crippen LogP contribution in [0, 0.1) is 0 Å². The Balaban J connectivity index is 2.66. The Morgan fingerprint density at radius 3 is 2.58 bits per heavy atom. The highest BCUT2D eigenvalue weighted by Gasteiger charge is 2.32. The summed E-state index contributed by atoms with van der Waals surface area (Å²) in [6.07, 6.45) is 1.69. The molecule has 7 nitrogen and oxygen atoms in total. The molecule has 0 aromatic carbocycles. The number of rotatable bonds is 5. The van der Waals surface area contributed by atoms with Crippen molar-refractivity contribution in [2.75, 3.05) is 12.4 Å². The molecule has 1 atom stereocenters. The number of hydrogen-bond donors (Lipinski definition) is 3. The standard InChI is InChI=1S/C12H17N3O4/c1-4-12(2,10(16)17)15-11(18)14-8-5-6-9(19-3)13-7-8/h5-7H,4H2,1-3H3,(H,16,17)(H2,14,15,18). The number of aromatic nitrogens is 1. The number of nitrogens with one attached hydrogen (secondary N) is 2. The molecule has 0 spiro atoms. The van der Waals surface area contributed by atoms with E-state index < -0.39 is 17.5 Å². The Morgan fingerprint density at radius 2 is 2.16 bits per heavy atom. The number of hydrogen-bond acceptors (Lipinski definition) is 4. The van der Waals surface area contributed by atoms with Crippen LogP contribution in [0.1, 0.15) is 20.3 Å². The van der Waals surface area contributed by atoms with E-state index in [-0.39, 0.29) is 6.42 Å². The predicted octanol–water partition coefficient (Wildman–Crippen LogP) is 1.46. The summed E-state index contributed by atoms with van der Waals surface area (Å²) in [6, 6.07) is 2.60. The summed E-state index contributed by atoms with van der Waals surface area (Å²) in [5.74, 6) is -0.659. The molecular formula is C12H17N3O4. The zero-order valence-electron chi connectivity index (χ0n) is 11.1. The number of aliphatic carboxylic acids is 1. The number of carbonyl (C=O) groups is 2. The first kappa shape index (κ1) is 14.7. The topological polar surface area (TPSA) is 101 Å². The Bertz CT molecular complexity index is 461. The number of anilines is 1. The van der Waals surface area contributed by atoms with Crippen molar-refractivity contribution in [2.24, 2.45) is 0 Å². The van der Waals surface area contributed by atoms with Crippen molar-refractivity contribution in [1.82, 2.24) is 10.3 Å². The van der Waals surface area contributed by atoms with Crippen LogP contribution in [-0.2, 0) is 4.79 Å². The summed E-state index contributed by atoms with van der Waals surface area (Å²) in [4.78, 5) is 26.7. The molecule has 19 heavy (non-hydrogen) atoms. The van der Waals surface area contributed by atoms with Crippen LogP contribution in [0.4, 0.5) is 10.5 Å². The molecule has 1 unspecified atom stereocenters. The molecule has 1 heterocycles. The lowest BCUT2D eigenvalue weighted by Gasteiger charge is -2.24. The van der Waals surface area contributed by atoms with Gasteiger partial charge < -0.3 is 20.5 Å². The van der Waals surface area contributed by atoms with E-state index in [1.165, 1.54) is 20.2 Å². The van der Waals surface area contributed by atoms with Gasteiger partial charge in [-0.25, -0.2) is 14.6 Å². The minimum Gasteiger partial charge on any atom is -0.481 e. The van der Waals surface area contributed by atoms with Gasteiger partial charge in [0.15, 0.2) is 0 Å². The van der Waals surface area contributed by atoms with Gasteiger partial charge in [-0.3, -0.25) is 0 Å². The van der Waals surface area contributed by atoms with E-state index in [0.29, 0.717) is 11.6 Å². The van der Waals surface area contributed by atoms with Gasteiger partial charge in [-0.1, -0.05) is 6.92 Å². The number of ether oxygens (including phenoxy) is 1. The molecule has 0 aliphatic rings. The third-order valence-electron chi connectivity index (χ3n) is 2.77. The number of pyridine rings is 1. The molecule has 0 aliphatic carbocycles. The fraction of sp³-hybridized carbons (Fsp3) is 0.417. The van der Waals surface area contributed by atoms with Gasteiger partial charge in [-0.15, -0.1) is 0 Å². The molecule has 0 bridgehead atoms. The van der Waals surface area contributed by atoms with E-state index in [0.717, 1.165) is 0 Å². The lowest BCUT2D eigenvalue weighted by molar-refractivity contribution is -0.143. The summed E-state index contributed by atoms with van der Waals surface area (Å²) in [5, 5.41) is 14.0. The van der Waals surface area contributed by atoms with Crippen molar-refractivity contribution in [1.29, 1.82) is 0 Å². The predicted molar refractivity (Wildman–Crippen MR) is 69.3 cm³/mol. The second-order valence-electron chi connectivity index (χ2n) is 4.16. The number of carbonyl (C=O) groups excluding carboxylic acids is 1. The molecule has 2 amide bonds. The van der Waals surface area contributed by atoms with Gasteiger partial charge in [0.25, 0.3) is 0 Å². The average Bonchev–Trinajstić information content (AvgIpc) is 2.39. The van der Waals surface area contributed by atoms with Gasteiger partial charge in [-0.2, -0.15) is 0 Å². The van der Waals surface area contributed by atoms with Crippen LogP contribution in [0.25, 0.3) is 0 Å². The molecule has 1 aromatic rings. The zero-order valence-corrected chi connectivity index (χ0v) is 11.1. The number of carboxylic acids is 1. The van der Waals surface area contributed by atoms with E-state index in [4.69, 9.17) is 9.84 Å². The third-order valence-corrected chi connectivity index (χ3v) is 2.77. The smallest absolute Gasteiger partial charge is 0.329 e. The van der Waals surface area contributed by atoms with Gasteiger partial charge in [0.05, 0.1) is 19.0 Å². The number of amides is 2. The Kier molecular flexibility index (Phi) is 4.68. The van der Waals surface area contributed by atoms with Gasteiger partial charge in [0.2, 0.25) is 5.88 Å². The van der Waals surface area contributed by atoms with Crippen LogP contribution in [-0.4, -0.2) is 34.7 Å². The fourth-order valence-corrected chi connectivity index (χ4v) is 1.28. The maximum Gasteiger partial charge on any atom is 0.329 e. The Morgan fingerprint density at radius 1 is 1.47 bits per heavy atom. The highest BCUT2D eigenvalue weighted by molar-refractivity contribution is 5.93. The molecular weight excluding hydrogens is 250 g/mol. The molecule has 0 radical (unpaired) electrons. The van der Waals surface area contributed by atoms with Crippen molar-refractivity contribution in [3.63, 3.8) is 0 Å². The molecule has 0 saturated heterocycles. The van der Waals surface area contributed by atoms with Crippen LogP contribution in [0.2, 0.25) is 0 Å². The van der Waals surface area contributed by atoms with Crippen LogP contribution < -0.4 is 15.4 Å². The zero-order chi connectivity index (χ0) is 14.5. The average molecular weight is 267 g/mol. The van der Waals surface area contributed by atoms with Crippen LogP contribution >= 0.6 is 0 Å². The lowest BCUT2D eigenvalue weighted by Crippen LogP contribution is -2.53. The summed E-state index contributed by atoms with van der Waals surface area (Å²) in [5.41, 5.74) is -0.855. The summed E-state index contributed by atoms with van der Waals surface area (Å²) in [6.45, 7) is 3.13. The fourth-order valence-electron chi connectivity index (χ4n) is 1.28. The van der Waals surface area contributed by atoms with Crippen molar-refractivity contribution in [3.8, 4) is 5.88 Å². The Labute approximate surface area is 111 Å². The van der Waals surface area contributed by atoms with Gasteiger partial charge >= 0.3 is 12.0 Å². The molecule has 7 heteroatoms. The van der Waals surface area contributed by atoms with Crippen molar-refractivity contribution in [2.45, 2.75) is 25.8 Å². The van der Waals surface area contributed by atoms with Crippen molar-refractivity contribution >= 4 is 17.7 Å². The first-order valence-corrected chi connectivity index (χ1v) is 5.74. The first-order valence-electron chi connectivity index (χ1n) is 5.74. The highest BCUT2D eigenvalue weighted by atomic mass is 16.5. The van der Waals surface area contributed by atoms with Gasteiger partial charge in [0.1, 0.15) is 5.54 Å². The van der Waals surface area contributed by atoms with E-state index in [9.17, 15) is 9.59 Å². The van der Waals surface area contributed by atoms with Crippen molar-refractivity contribution < 1.29 is 19.4 Å². The minimum atomic E-state index is -1.30. The van der Waals surface area contributed by atoms with Crippen molar-refractivity contribution in [3.05, 3.63) is 18.3 Å². The molecule has 0 fully saturated rings. The monoisotopic (exact) mass is 267 g/mol. The number of carboxylic acid groups (broad SMARTS) is 1. The highest BCUT2D eigenvalue weighted by Crippen LogP contribution is 2.12. The number of nitrogens with zero attached hydrogens (tertiary/aromatic N) is 1. The number of urea groups is 1. The van der Waals surface area contributed by atoms with Crippen LogP contribution in [0.15, 0.2) is 18.3 Å². The van der Waals surface area contributed by atoms with Gasteiger partial charge in [0, 0.05) is 6.07 Å². The largest absolute Gasteiger partial charge is 0.481 e. The number of methoxy groups -OCH3 is 1. The molecule has 3 N–H and O–H groups in total.